The first-order valence-corrected chi connectivity index (χ1v) is 7.13. The summed E-state index contributed by atoms with van der Waals surface area (Å²) in [5.74, 6) is 0.788. The van der Waals surface area contributed by atoms with Crippen LogP contribution in [-0.4, -0.2) is 6.04 Å². The summed E-state index contributed by atoms with van der Waals surface area (Å²) in [5.41, 5.74) is 0.941. The summed E-state index contributed by atoms with van der Waals surface area (Å²) in [7, 11) is 0. The number of benzene rings is 1. The molecule has 1 unspecified atom stereocenters. The molecule has 0 fully saturated rings. The van der Waals surface area contributed by atoms with Crippen molar-refractivity contribution in [3.63, 3.8) is 0 Å². The molecule has 2 rings (SSSR count). The summed E-state index contributed by atoms with van der Waals surface area (Å²) in [4.78, 5) is 0. The van der Waals surface area contributed by atoms with Crippen LogP contribution in [0.1, 0.15) is 24.7 Å². The minimum atomic E-state index is -0.214. The fraction of sp³-hybridized carbons (Fsp3) is 0.333. The summed E-state index contributed by atoms with van der Waals surface area (Å²) < 4.78 is 19.3. The third-order valence-electron chi connectivity index (χ3n) is 2.98. The van der Waals surface area contributed by atoms with Gasteiger partial charge in [-0.25, -0.2) is 4.39 Å². The largest absolute Gasteiger partial charge is 0.469 e. The average molecular weight is 326 g/mol. The van der Waals surface area contributed by atoms with Gasteiger partial charge in [-0.15, -0.1) is 0 Å². The van der Waals surface area contributed by atoms with Gasteiger partial charge in [-0.1, -0.05) is 15.9 Å². The van der Waals surface area contributed by atoms with Crippen LogP contribution in [0.3, 0.4) is 0 Å². The summed E-state index contributed by atoms with van der Waals surface area (Å²) in [6, 6.07) is 9.18. The zero-order chi connectivity index (χ0) is 13.7. The molecule has 0 spiro atoms. The maximum absolute atomic E-state index is 13.2. The maximum Gasteiger partial charge on any atom is 0.124 e. The smallest absolute Gasteiger partial charge is 0.124 e. The van der Waals surface area contributed by atoms with Crippen LogP contribution in [0.2, 0.25) is 0 Å². The quantitative estimate of drug-likeness (QED) is 0.856. The molecule has 1 aromatic carbocycles. The highest BCUT2D eigenvalue weighted by molar-refractivity contribution is 9.10. The van der Waals surface area contributed by atoms with Gasteiger partial charge >= 0.3 is 0 Å². The summed E-state index contributed by atoms with van der Waals surface area (Å²) >= 11 is 3.30. The van der Waals surface area contributed by atoms with Crippen molar-refractivity contribution < 1.29 is 8.81 Å². The molecule has 1 aromatic heterocycles. The molecule has 0 aliphatic carbocycles. The Morgan fingerprint density at radius 3 is 2.89 bits per heavy atom. The number of halogens is 2. The van der Waals surface area contributed by atoms with Gasteiger partial charge in [0, 0.05) is 23.5 Å². The molecule has 0 bridgehead atoms. The van der Waals surface area contributed by atoms with Gasteiger partial charge in [0.2, 0.25) is 0 Å². The normalized spacial score (nSPS) is 12.6. The molecule has 102 valence electrons. The van der Waals surface area contributed by atoms with Gasteiger partial charge < -0.3 is 9.73 Å². The first-order valence-electron chi connectivity index (χ1n) is 6.34. The molecule has 0 aliphatic rings. The Balaban J connectivity index is 1.78. The molecule has 2 aromatic rings. The van der Waals surface area contributed by atoms with E-state index in [9.17, 15) is 4.39 Å². The highest BCUT2D eigenvalue weighted by Crippen LogP contribution is 2.15. The number of furan rings is 1. The van der Waals surface area contributed by atoms with E-state index in [1.807, 2.05) is 18.2 Å². The Kier molecular flexibility index (Phi) is 5.16. The standard InChI is InChI=1S/C15H17BrFNO/c1-11(4-5-15-3-2-6-19-15)18-10-12-7-13(16)9-14(17)8-12/h2-3,6-9,11,18H,4-5,10H2,1H3. The Hall–Kier alpha value is -1.13. The molecule has 1 heterocycles. The second kappa shape index (κ2) is 6.87. The molecule has 4 heteroatoms. The van der Waals surface area contributed by atoms with Gasteiger partial charge in [-0.2, -0.15) is 0 Å². The Morgan fingerprint density at radius 1 is 1.37 bits per heavy atom. The zero-order valence-corrected chi connectivity index (χ0v) is 12.4. The zero-order valence-electron chi connectivity index (χ0n) is 10.8. The summed E-state index contributed by atoms with van der Waals surface area (Å²) in [6.45, 7) is 2.78. The first kappa shape index (κ1) is 14.3. The number of hydrogen-bond donors (Lipinski definition) is 1. The highest BCUT2D eigenvalue weighted by Gasteiger charge is 2.05. The molecule has 1 N–H and O–H groups in total. The first-order chi connectivity index (χ1) is 9.13. The number of aryl methyl sites for hydroxylation is 1. The van der Waals surface area contributed by atoms with Gasteiger partial charge in [-0.05, 0) is 49.2 Å². The number of nitrogens with one attached hydrogen (secondary N) is 1. The molecule has 2 nitrogen and oxygen atoms in total. The van der Waals surface area contributed by atoms with Crippen molar-refractivity contribution in [3.8, 4) is 0 Å². The van der Waals surface area contributed by atoms with Gasteiger partial charge in [0.1, 0.15) is 11.6 Å². The Bertz CT molecular complexity index is 493. The fourth-order valence-corrected chi connectivity index (χ4v) is 2.43. The Morgan fingerprint density at radius 2 is 2.21 bits per heavy atom. The second-order valence-corrected chi connectivity index (χ2v) is 5.59. The molecule has 0 radical (unpaired) electrons. The fourth-order valence-electron chi connectivity index (χ4n) is 1.92. The van der Waals surface area contributed by atoms with Crippen molar-refractivity contribution in [2.24, 2.45) is 0 Å². The SMILES string of the molecule is CC(CCc1ccco1)NCc1cc(F)cc(Br)c1. The van der Waals surface area contributed by atoms with E-state index in [0.29, 0.717) is 12.6 Å². The van der Waals surface area contributed by atoms with Crippen LogP contribution < -0.4 is 5.32 Å². The van der Waals surface area contributed by atoms with Crippen LogP contribution in [0.5, 0.6) is 0 Å². The lowest BCUT2D eigenvalue weighted by Crippen LogP contribution is -2.26. The lowest BCUT2D eigenvalue weighted by atomic mass is 10.1. The predicted octanol–water partition coefficient (Wildman–Crippen LogP) is 4.29. The van der Waals surface area contributed by atoms with Crippen molar-refractivity contribution in [2.45, 2.75) is 32.4 Å². The van der Waals surface area contributed by atoms with Crippen molar-refractivity contribution in [2.75, 3.05) is 0 Å². The molecule has 0 aliphatic heterocycles. The molecule has 0 saturated carbocycles. The van der Waals surface area contributed by atoms with E-state index in [0.717, 1.165) is 28.6 Å². The summed E-state index contributed by atoms with van der Waals surface area (Å²) in [6.07, 6.45) is 3.59. The third-order valence-corrected chi connectivity index (χ3v) is 3.44. The van der Waals surface area contributed by atoms with Crippen LogP contribution >= 0.6 is 15.9 Å². The van der Waals surface area contributed by atoms with E-state index in [1.165, 1.54) is 6.07 Å². The van der Waals surface area contributed by atoms with Gasteiger partial charge in [-0.3, -0.25) is 0 Å². The van der Waals surface area contributed by atoms with Gasteiger partial charge in [0.25, 0.3) is 0 Å². The molecule has 1 atom stereocenters. The average Bonchev–Trinajstić information content (AvgIpc) is 2.86. The molecule has 0 saturated heterocycles. The Labute approximate surface area is 121 Å². The molecule has 19 heavy (non-hydrogen) atoms. The second-order valence-electron chi connectivity index (χ2n) is 4.68. The van der Waals surface area contributed by atoms with E-state index in [-0.39, 0.29) is 5.82 Å². The topological polar surface area (TPSA) is 25.2 Å². The van der Waals surface area contributed by atoms with Gasteiger partial charge in [0.15, 0.2) is 0 Å². The van der Waals surface area contributed by atoms with Crippen molar-refractivity contribution >= 4 is 15.9 Å². The molecule has 0 amide bonds. The van der Waals surface area contributed by atoms with E-state index < -0.39 is 0 Å². The molecular weight excluding hydrogens is 309 g/mol. The van der Waals surface area contributed by atoms with E-state index in [1.54, 1.807) is 12.3 Å². The van der Waals surface area contributed by atoms with Crippen molar-refractivity contribution in [1.82, 2.24) is 5.32 Å². The lowest BCUT2D eigenvalue weighted by molar-refractivity contribution is 0.459. The van der Waals surface area contributed by atoms with E-state index in [4.69, 9.17) is 4.42 Å². The van der Waals surface area contributed by atoms with Crippen molar-refractivity contribution in [3.05, 3.63) is 58.2 Å². The predicted molar refractivity (Wildman–Crippen MR) is 77.4 cm³/mol. The van der Waals surface area contributed by atoms with Crippen LogP contribution in [0.4, 0.5) is 4.39 Å². The van der Waals surface area contributed by atoms with Crippen molar-refractivity contribution in [1.29, 1.82) is 0 Å². The third kappa shape index (κ3) is 4.80. The van der Waals surface area contributed by atoms with E-state index in [2.05, 4.69) is 28.2 Å². The minimum absolute atomic E-state index is 0.214. The lowest BCUT2D eigenvalue weighted by Gasteiger charge is -2.13. The molecular formula is C15H17BrFNO. The van der Waals surface area contributed by atoms with E-state index >= 15 is 0 Å². The minimum Gasteiger partial charge on any atom is -0.469 e. The maximum atomic E-state index is 13.2. The van der Waals surface area contributed by atoms with Crippen LogP contribution in [0, 0.1) is 5.82 Å². The number of hydrogen-bond acceptors (Lipinski definition) is 2. The van der Waals surface area contributed by atoms with Crippen LogP contribution in [0.15, 0.2) is 45.5 Å². The van der Waals surface area contributed by atoms with Crippen LogP contribution in [-0.2, 0) is 13.0 Å². The number of rotatable bonds is 6. The van der Waals surface area contributed by atoms with Gasteiger partial charge in [0.05, 0.1) is 6.26 Å². The van der Waals surface area contributed by atoms with Crippen LogP contribution in [0.25, 0.3) is 0 Å². The highest BCUT2D eigenvalue weighted by atomic mass is 79.9. The monoisotopic (exact) mass is 325 g/mol. The summed E-state index contributed by atoms with van der Waals surface area (Å²) in [5, 5.41) is 3.39.